The summed E-state index contributed by atoms with van der Waals surface area (Å²) in [6.07, 6.45) is 1.54. The van der Waals surface area contributed by atoms with E-state index in [0.717, 1.165) is 11.8 Å². The van der Waals surface area contributed by atoms with Gasteiger partial charge < -0.3 is 14.2 Å². The van der Waals surface area contributed by atoms with Gasteiger partial charge in [0.25, 0.3) is 11.1 Å². The quantitative estimate of drug-likeness (QED) is 0.625. The highest BCUT2D eigenvalue weighted by atomic mass is 32.2. The van der Waals surface area contributed by atoms with Crippen LogP contribution in [0.25, 0.3) is 11.5 Å². The van der Waals surface area contributed by atoms with Gasteiger partial charge in [-0.3, -0.25) is 10.1 Å². The van der Waals surface area contributed by atoms with Crippen LogP contribution in [0.2, 0.25) is 0 Å². The van der Waals surface area contributed by atoms with E-state index in [-0.39, 0.29) is 5.22 Å². The van der Waals surface area contributed by atoms with E-state index in [1.54, 1.807) is 32.0 Å². The predicted molar refractivity (Wildman–Crippen MR) is 99.0 cm³/mol. The third-order valence-corrected chi connectivity index (χ3v) is 4.72. The monoisotopic (exact) mass is 386 g/mol. The molecular weight excluding hydrogens is 368 g/mol. The number of benzene rings is 1. The number of thioether (sulfide) groups is 1. The summed E-state index contributed by atoms with van der Waals surface area (Å²) < 4.78 is 10.9. The van der Waals surface area contributed by atoms with Crippen molar-refractivity contribution in [2.75, 3.05) is 6.54 Å². The summed E-state index contributed by atoms with van der Waals surface area (Å²) in [6.45, 7) is 3.98. The molecule has 1 aromatic carbocycles. The number of aryl methyl sites for hydroxylation is 1. The van der Waals surface area contributed by atoms with E-state index in [2.05, 4.69) is 20.8 Å². The van der Waals surface area contributed by atoms with E-state index < -0.39 is 17.2 Å². The Labute approximate surface area is 159 Å². The predicted octanol–water partition coefficient (Wildman–Crippen LogP) is 3.32. The Morgan fingerprint density at radius 3 is 2.63 bits per heavy atom. The minimum Gasteiger partial charge on any atom is -0.469 e. The fourth-order valence-corrected chi connectivity index (χ4v) is 3.23. The zero-order valence-electron chi connectivity index (χ0n) is 14.8. The molecule has 0 aliphatic carbocycles. The summed E-state index contributed by atoms with van der Waals surface area (Å²) in [5.41, 5.74) is 1.40. The molecule has 8 nitrogen and oxygen atoms in total. The van der Waals surface area contributed by atoms with Gasteiger partial charge in [0.05, 0.1) is 11.8 Å². The van der Waals surface area contributed by atoms with E-state index in [1.165, 1.54) is 6.26 Å². The Balaban J connectivity index is 1.82. The summed E-state index contributed by atoms with van der Waals surface area (Å²) in [5, 5.41) is 12.4. The second-order valence-corrected chi connectivity index (χ2v) is 6.58. The van der Waals surface area contributed by atoms with E-state index in [4.69, 9.17) is 8.83 Å². The molecule has 0 saturated heterocycles. The summed E-state index contributed by atoms with van der Waals surface area (Å²) >= 11 is 1.07. The lowest BCUT2D eigenvalue weighted by atomic mass is 10.1. The Morgan fingerprint density at radius 2 is 1.96 bits per heavy atom. The van der Waals surface area contributed by atoms with Crippen molar-refractivity contribution in [2.24, 2.45) is 0 Å². The molecule has 0 aliphatic rings. The van der Waals surface area contributed by atoms with Crippen molar-refractivity contribution in [3.05, 3.63) is 54.0 Å². The van der Waals surface area contributed by atoms with Crippen molar-refractivity contribution in [1.82, 2.24) is 20.8 Å². The van der Waals surface area contributed by atoms with Crippen molar-refractivity contribution >= 4 is 23.7 Å². The fraction of sp³-hybridized carbons (Fsp3) is 0.222. The molecule has 3 rings (SSSR count). The van der Waals surface area contributed by atoms with Crippen molar-refractivity contribution in [1.29, 1.82) is 0 Å². The maximum absolute atomic E-state index is 12.6. The van der Waals surface area contributed by atoms with Crippen LogP contribution < -0.4 is 10.6 Å². The van der Waals surface area contributed by atoms with Crippen molar-refractivity contribution < 1.29 is 18.4 Å². The van der Waals surface area contributed by atoms with E-state index in [1.807, 2.05) is 18.2 Å². The van der Waals surface area contributed by atoms with Gasteiger partial charge in [0.2, 0.25) is 5.91 Å². The zero-order chi connectivity index (χ0) is 19.2. The molecule has 0 saturated carbocycles. The third kappa shape index (κ3) is 4.56. The lowest BCUT2D eigenvalue weighted by Gasteiger charge is -2.14. The molecule has 3 aromatic rings. The van der Waals surface area contributed by atoms with Gasteiger partial charge in [-0.2, -0.15) is 0 Å². The molecule has 0 bridgehead atoms. The number of nitrogens with one attached hydrogen (secondary N) is 2. The fourth-order valence-electron chi connectivity index (χ4n) is 2.36. The van der Waals surface area contributed by atoms with E-state index in [0.29, 0.717) is 29.3 Å². The smallest absolute Gasteiger partial charge is 0.321 e. The molecule has 2 heterocycles. The first-order valence-corrected chi connectivity index (χ1v) is 9.14. The molecule has 2 aromatic heterocycles. The van der Waals surface area contributed by atoms with Crippen LogP contribution in [0.1, 0.15) is 23.5 Å². The third-order valence-electron chi connectivity index (χ3n) is 3.63. The maximum atomic E-state index is 12.6. The lowest BCUT2D eigenvalue weighted by Crippen LogP contribution is -2.41. The van der Waals surface area contributed by atoms with Crippen LogP contribution in [-0.2, 0) is 4.79 Å². The first-order chi connectivity index (χ1) is 13.1. The number of carbonyl (C=O) groups excluding carboxylic acids is 2. The van der Waals surface area contributed by atoms with Crippen LogP contribution in [0.3, 0.4) is 0 Å². The zero-order valence-corrected chi connectivity index (χ0v) is 15.6. The molecule has 0 spiro atoms. The normalized spacial score (nSPS) is 11.8. The molecule has 1 atom stereocenters. The molecule has 2 N–H and O–H groups in total. The van der Waals surface area contributed by atoms with Gasteiger partial charge in [-0.05, 0) is 37.2 Å². The standard InChI is InChI=1S/C18H18N4O4S/c1-3-19-17(24)20-15(23)14(12-7-5-4-6-8-12)27-18-22-21-16(26-18)13-9-10-25-11(13)2/h4-10,14H,3H2,1-2H3,(H2,19,20,23,24)/t14-/m1/s1. The average molecular weight is 386 g/mol. The van der Waals surface area contributed by atoms with Crippen LogP contribution in [0.4, 0.5) is 4.79 Å². The van der Waals surface area contributed by atoms with Crippen LogP contribution >= 0.6 is 11.8 Å². The highest BCUT2D eigenvalue weighted by molar-refractivity contribution is 8.00. The number of amides is 3. The molecule has 9 heteroatoms. The topological polar surface area (TPSA) is 110 Å². The van der Waals surface area contributed by atoms with Gasteiger partial charge in [0.15, 0.2) is 0 Å². The largest absolute Gasteiger partial charge is 0.469 e. The Morgan fingerprint density at radius 1 is 1.19 bits per heavy atom. The number of urea groups is 1. The first-order valence-electron chi connectivity index (χ1n) is 8.26. The molecule has 27 heavy (non-hydrogen) atoms. The van der Waals surface area contributed by atoms with Crippen LogP contribution in [0.15, 0.2) is 56.7 Å². The summed E-state index contributed by atoms with van der Waals surface area (Å²) in [5.74, 6) is 0.486. The second-order valence-electron chi connectivity index (χ2n) is 5.52. The number of aromatic nitrogens is 2. The number of hydrogen-bond acceptors (Lipinski definition) is 7. The number of imide groups is 1. The summed E-state index contributed by atoms with van der Waals surface area (Å²) in [6, 6.07) is 10.3. The van der Waals surface area contributed by atoms with E-state index in [9.17, 15) is 9.59 Å². The highest BCUT2D eigenvalue weighted by Gasteiger charge is 2.26. The average Bonchev–Trinajstić information content (AvgIpc) is 3.29. The highest BCUT2D eigenvalue weighted by Crippen LogP contribution is 2.36. The van der Waals surface area contributed by atoms with Crippen LogP contribution in [-0.4, -0.2) is 28.7 Å². The minimum atomic E-state index is -0.729. The number of hydrogen-bond donors (Lipinski definition) is 2. The van der Waals surface area contributed by atoms with Crippen molar-refractivity contribution in [2.45, 2.75) is 24.3 Å². The van der Waals surface area contributed by atoms with E-state index >= 15 is 0 Å². The maximum Gasteiger partial charge on any atom is 0.321 e. The number of carbonyl (C=O) groups is 2. The minimum absolute atomic E-state index is 0.213. The Hall–Kier alpha value is -3.07. The molecule has 0 aliphatic heterocycles. The molecule has 0 radical (unpaired) electrons. The van der Waals surface area contributed by atoms with Gasteiger partial charge in [0.1, 0.15) is 11.0 Å². The molecule has 3 amide bonds. The van der Waals surface area contributed by atoms with Crippen molar-refractivity contribution in [3.63, 3.8) is 0 Å². The first kappa shape index (κ1) is 18.7. The molecular formula is C18H18N4O4S. The molecule has 140 valence electrons. The Bertz CT molecular complexity index is 922. The van der Waals surface area contributed by atoms with Crippen LogP contribution in [0.5, 0.6) is 0 Å². The Kier molecular flexibility index (Phi) is 5.92. The van der Waals surface area contributed by atoms with Gasteiger partial charge in [-0.15, -0.1) is 10.2 Å². The number of rotatable bonds is 6. The molecule has 0 unspecified atom stereocenters. The molecule has 0 fully saturated rings. The number of furan rings is 1. The second kappa shape index (κ2) is 8.54. The summed E-state index contributed by atoms with van der Waals surface area (Å²) in [4.78, 5) is 24.3. The van der Waals surface area contributed by atoms with Crippen molar-refractivity contribution in [3.8, 4) is 11.5 Å². The van der Waals surface area contributed by atoms with Gasteiger partial charge in [0, 0.05) is 6.54 Å². The van der Waals surface area contributed by atoms with Gasteiger partial charge >= 0.3 is 6.03 Å². The number of nitrogens with zero attached hydrogens (tertiary/aromatic N) is 2. The lowest BCUT2D eigenvalue weighted by molar-refractivity contribution is -0.119. The van der Waals surface area contributed by atoms with Gasteiger partial charge in [-0.1, -0.05) is 30.3 Å². The SMILES string of the molecule is CCNC(=O)NC(=O)[C@H](Sc1nnc(-c2ccoc2C)o1)c1ccccc1. The van der Waals surface area contributed by atoms with Gasteiger partial charge in [-0.25, -0.2) is 4.79 Å². The summed E-state index contributed by atoms with van der Waals surface area (Å²) in [7, 11) is 0. The van der Waals surface area contributed by atoms with Crippen LogP contribution in [0, 0.1) is 6.92 Å².